The van der Waals surface area contributed by atoms with E-state index in [1.165, 1.54) is 5.57 Å². The zero-order chi connectivity index (χ0) is 11.9. The Kier molecular flexibility index (Phi) is 5.94. The summed E-state index contributed by atoms with van der Waals surface area (Å²) < 4.78 is 5.21. The minimum absolute atomic E-state index is 0.0912. The SMILES string of the molecule is C=CC(C)(CCC=C(C)C)OC(=O)CN. The van der Waals surface area contributed by atoms with Gasteiger partial charge in [0.05, 0.1) is 6.54 Å². The molecule has 0 bridgehead atoms. The Morgan fingerprint density at radius 2 is 2.13 bits per heavy atom. The fourth-order valence-corrected chi connectivity index (χ4v) is 1.14. The van der Waals surface area contributed by atoms with Gasteiger partial charge in [0.2, 0.25) is 0 Å². The van der Waals surface area contributed by atoms with Gasteiger partial charge in [0, 0.05) is 0 Å². The summed E-state index contributed by atoms with van der Waals surface area (Å²) in [4.78, 5) is 11.1. The van der Waals surface area contributed by atoms with Gasteiger partial charge in [0.25, 0.3) is 0 Å². The molecule has 0 saturated carbocycles. The van der Waals surface area contributed by atoms with E-state index in [1.807, 2.05) is 20.8 Å². The lowest BCUT2D eigenvalue weighted by molar-refractivity contribution is -0.152. The van der Waals surface area contributed by atoms with Gasteiger partial charge in [-0.05, 0) is 39.7 Å². The topological polar surface area (TPSA) is 52.3 Å². The zero-order valence-corrected chi connectivity index (χ0v) is 9.88. The van der Waals surface area contributed by atoms with E-state index >= 15 is 0 Å². The third-order valence-corrected chi connectivity index (χ3v) is 2.14. The minimum Gasteiger partial charge on any atom is -0.454 e. The molecular formula is C12H21NO2. The van der Waals surface area contributed by atoms with Gasteiger partial charge >= 0.3 is 5.97 Å². The van der Waals surface area contributed by atoms with Gasteiger partial charge in [-0.3, -0.25) is 4.79 Å². The largest absolute Gasteiger partial charge is 0.454 e. The first-order chi connectivity index (χ1) is 6.93. The van der Waals surface area contributed by atoms with Gasteiger partial charge in [0.15, 0.2) is 0 Å². The second-order valence-electron chi connectivity index (χ2n) is 4.02. The number of allylic oxidation sites excluding steroid dienone is 2. The van der Waals surface area contributed by atoms with E-state index in [1.54, 1.807) is 6.08 Å². The van der Waals surface area contributed by atoms with Crippen molar-refractivity contribution < 1.29 is 9.53 Å². The first-order valence-electron chi connectivity index (χ1n) is 5.12. The predicted molar refractivity (Wildman–Crippen MR) is 62.4 cm³/mol. The molecule has 3 heteroatoms. The summed E-state index contributed by atoms with van der Waals surface area (Å²) in [7, 11) is 0. The standard InChI is InChI=1S/C12H21NO2/c1-5-12(4,15-11(14)9-13)8-6-7-10(2)3/h5,7H,1,6,8-9,13H2,2-4H3. The monoisotopic (exact) mass is 211 g/mol. The highest BCUT2D eigenvalue weighted by Crippen LogP contribution is 2.19. The molecule has 0 saturated heterocycles. The van der Waals surface area contributed by atoms with E-state index in [2.05, 4.69) is 12.7 Å². The lowest BCUT2D eigenvalue weighted by Crippen LogP contribution is -2.32. The molecule has 0 aliphatic carbocycles. The van der Waals surface area contributed by atoms with Crippen LogP contribution in [0.3, 0.4) is 0 Å². The first-order valence-corrected chi connectivity index (χ1v) is 5.12. The number of esters is 1. The third-order valence-electron chi connectivity index (χ3n) is 2.14. The smallest absolute Gasteiger partial charge is 0.320 e. The lowest BCUT2D eigenvalue weighted by atomic mass is 9.99. The van der Waals surface area contributed by atoms with Gasteiger partial charge < -0.3 is 10.5 Å². The van der Waals surface area contributed by atoms with Crippen LogP contribution in [0.4, 0.5) is 0 Å². The molecule has 0 aromatic carbocycles. The van der Waals surface area contributed by atoms with E-state index < -0.39 is 11.6 Å². The van der Waals surface area contributed by atoms with Gasteiger partial charge in [0.1, 0.15) is 5.60 Å². The molecule has 0 radical (unpaired) electrons. The van der Waals surface area contributed by atoms with Crippen LogP contribution in [0, 0.1) is 0 Å². The zero-order valence-electron chi connectivity index (χ0n) is 9.88. The third kappa shape index (κ3) is 6.07. The van der Waals surface area contributed by atoms with Crippen molar-refractivity contribution in [3.63, 3.8) is 0 Å². The molecule has 0 aliphatic rings. The molecule has 86 valence electrons. The Morgan fingerprint density at radius 3 is 2.53 bits per heavy atom. The molecule has 0 rings (SSSR count). The molecule has 2 N–H and O–H groups in total. The summed E-state index contributed by atoms with van der Waals surface area (Å²) in [6.07, 6.45) is 5.35. The van der Waals surface area contributed by atoms with Crippen LogP contribution in [-0.2, 0) is 9.53 Å². The number of hydrogen-bond acceptors (Lipinski definition) is 3. The number of rotatable bonds is 6. The number of carbonyl (C=O) groups is 1. The molecule has 0 aromatic heterocycles. The van der Waals surface area contributed by atoms with E-state index in [9.17, 15) is 4.79 Å². The Morgan fingerprint density at radius 1 is 1.53 bits per heavy atom. The van der Waals surface area contributed by atoms with Crippen molar-refractivity contribution in [3.05, 3.63) is 24.3 Å². The van der Waals surface area contributed by atoms with Crippen LogP contribution >= 0.6 is 0 Å². The molecule has 0 aromatic rings. The number of nitrogens with two attached hydrogens (primary N) is 1. The lowest BCUT2D eigenvalue weighted by Gasteiger charge is -2.25. The maximum absolute atomic E-state index is 11.1. The molecule has 1 atom stereocenters. The Bertz CT molecular complexity index is 254. The predicted octanol–water partition coefficient (Wildman–Crippen LogP) is 2.18. The molecule has 3 nitrogen and oxygen atoms in total. The van der Waals surface area contributed by atoms with Gasteiger partial charge in [-0.25, -0.2) is 0 Å². The van der Waals surface area contributed by atoms with Gasteiger partial charge in [-0.2, -0.15) is 0 Å². The molecule has 1 unspecified atom stereocenters. The van der Waals surface area contributed by atoms with Crippen LogP contribution in [0.25, 0.3) is 0 Å². The Labute approximate surface area is 92.0 Å². The number of carbonyl (C=O) groups excluding carboxylic acids is 1. The molecule has 0 fully saturated rings. The molecular weight excluding hydrogens is 190 g/mol. The van der Waals surface area contributed by atoms with Crippen molar-refractivity contribution in [2.45, 2.75) is 39.2 Å². The van der Waals surface area contributed by atoms with E-state index in [0.29, 0.717) is 0 Å². The summed E-state index contributed by atoms with van der Waals surface area (Å²) in [6.45, 7) is 9.51. The fraction of sp³-hybridized carbons (Fsp3) is 0.583. The summed E-state index contributed by atoms with van der Waals surface area (Å²) in [5.41, 5.74) is 5.84. The van der Waals surface area contributed by atoms with E-state index in [0.717, 1.165) is 12.8 Å². The summed E-state index contributed by atoms with van der Waals surface area (Å²) in [5, 5.41) is 0. The average molecular weight is 211 g/mol. The van der Waals surface area contributed by atoms with Crippen molar-refractivity contribution in [1.82, 2.24) is 0 Å². The summed E-state index contributed by atoms with van der Waals surface area (Å²) in [6, 6.07) is 0. The molecule has 15 heavy (non-hydrogen) atoms. The van der Waals surface area contributed by atoms with Crippen LogP contribution in [0.2, 0.25) is 0 Å². The molecule has 0 heterocycles. The number of ether oxygens (including phenoxy) is 1. The normalized spacial score (nSPS) is 13.9. The van der Waals surface area contributed by atoms with E-state index in [4.69, 9.17) is 10.5 Å². The minimum atomic E-state index is -0.609. The van der Waals surface area contributed by atoms with Crippen molar-refractivity contribution in [2.24, 2.45) is 5.73 Å². The fourth-order valence-electron chi connectivity index (χ4n) is 1.14. The van der Waals surface area contributed by atoms with Crippen molar-refractivity contribution >= 4 is 5.97 Å². The molecule has 0 amide bonds. The molecule has 0 spiro atoms. The maximum Gasteiger partial charge on any atom is 0.320 e. The van der Waals surface area contributed by atoms with Crippen molar-refractivity contribution in [3.8, 4) is 0 Å². The summed E-state index contributed by atoms with van der Waals surface area (Å²) in [5.74, 6) is -0.394. The molecule has 0 aliphatic heterocycles. The first kappa shape index (κ1) is 13.9. The van der Waals surface area contributed by atoms with E-state index in [-0.39, 0.29) is 6.54 Å². The van der Waals surface area contributed by atoms with Crippen LogP contribution in [0.1, 0.15) is 33.6 Å². The highest BCUT2D eigenvalue weighted by atomic mass is 16.6. The maximum atomic E-state index is 11.1. The van der Waals surface area contributed by atoms with Crippen molar-refractivity contribution in [2.75, 3.05) is 6.54 Å². The van der Waals surface area contributed by atoms with Gasteiger partial charge in [-0.1, -0.05) is 18.2 Å². The highest BCUT2D eigenvalue weighted by Gasteiger charge is 2.23. The Balaban J connectivity index is 4.25. The van der Waals surface area contributed by atoms with Crippen LogP contribution in [0.15, 0.2) is 24.3 Å². The average Bonchev–Trinajstić information content (AvgIpc) is 2.17. The summed E-state index contributed by atoms with van der Waals surface area (Å²) >= 11 is 0. The van der Waals surface area contributed by atoms with Crippen LogP contribution in [0.5, 0.6) is 0 Å². The second-order valence-corrected chi connectivity index (χ2v) is 4.02. The quantitative estimate of drug-likeness (QED) is 0.541. The highest BCUT2D eigenvalue weighted by molar-refractivity contribution is 5.72. The number of hydrogen-bond donors (Lipinski definition) is 1. The Hall–Kier alpha value is -1.09. The van der Waals surface area contributed by atoms with Gasteiger partial charge in [-0.15, -0.1) is 0 Å². The van der Waals surface area contributed by atoms with Crippen LogP contribution < -0.4 is 5.73 Å². The second kappa shape index (κ2) is 6.40. The van der Waals surface area contributed by atoms with Crippen LogP contribution in [-0.4, -0.2) is 18.1 Å². The van der Waals surface area contributed by atoms with Crippen molar-refractivity contribution in [1.29, 1.82) is 0 Å².